The summed E-state index contributed by atoms with van der Waals surface area (Å²) in [5, 5.41) is 12.2. The third-order valence-corrected chi connectivity index (χ3v) is 4.95. The van der Waals surface area contributed by atoms with Gasteiger partial charge in [0.25, 0.3) is 0 Å². The Morgan fingerprint density at radius 3 is 2.84 bits per heavy atom. The molecule has 3 rings (SSSR count). The highest BCUT2D eigenvalue weighted by atomic mass is 32.2. The van der Waals surface area contributed by atoms with Crippen LogP contribution in [0.25, 0.3) is 0 Å². The van der Waals surface area contributed by atoms with Crippen LogP contribution >= 0.6 is 23.1 Å². The summed E-state index contributed by atoms with van der Waals surface area (Å²) in [5.74, 6) is 0.984. The van der Waals surface area contributed by atoms with Gasteiger partial charge in [-0.25, -0.2) is 0 Å². The molecule has 0 spiro atoms. The van der Waals surface area contributed by atoms with E-state index in [1.807, 2.05) is 30.3 Å². The number of amides is 1. The highest BCUT2D eigenvalue weighted by Crippen LogP contribution is 2.42. The number of rotatable bonds is 5. The molecular weight excluding hydrogens is 278 g/mol. The smallest absolute Gasteiger partial charge is 0.234 e. The highest BCUT2D eigenvalue weighted by molar-refractivity contribution is 8.01. The number of benzene rings is 1. The number of hydrogen-bond acceptors (Lipinski definition) is 5. The number of carbonyl (C=O) groups is 1. The van der Waals surface area contributed by atoms with Gasteiger partial charge in [-0.1, -0.05) is 41.3 Å². The zero-order valence-electron chi connectivity index (χ0n) is 10.2. The number of thioether (sulfide) groups is 1. The van der Waals surface area contributed by atoms with Crippen LogP contribution < -0.4 is 5.32 Å². The number of aromatic nitrogens is 2. The second-order valence-corrected chi connectivity index (χ2v) is 6.61. The minimum absolute atomic E-state index is 0.0145. The van der Waals surface area contributed by atoms with E-state index in [4.69, 9.17) is 0 Å². The predicted molar refractivity (Wildman–Crippen MR) is 77.7 cm³/mol. The van der Waals surface area contributed by atoms with Crippen molar-refractivity contribution in [3.05, 3.63) is 35.3 Å². The molecule has 19 heavy (non-hydrogen) atoms. The van der Waals surface area contributed by atoms with Crippen LogP contribution in [0.1, 0.15) is 23.8 Å². The Morgan fingerprint density at radius 1 is 1.32 bits per heavy atom. The molecule has 0 saturated heterocycles. The monoisotopic (exact) mass is 291 g/mol. The summed E-state index contributed by atoms with van der Waals surface area (Å²) in [5.41, 5.74) is 0.823. The minimum Gasteiger partial charge on any atom is -0.325 e. The van der Waals surface area contributed by atoms with E-state index in [0.29, 0.717) is 11.7 Å². The van der Waals surface area contributed by atoms with Crippen molar-refractivity contribution >= 4 is 34.7 Å². The molecule has 0 aliphatic heterocycles. The standard InChI is InChI=1S/C13H13N3OS2/c17-11(14-10-4-2-1-3-5-10)8-18-13-16-15-12(19-13)9-6-7-9/h1-5,9H,6-8H2,(H,14,17). The molecule has 4 nitrogen and oxygen atoms in total. The molecule has 2 aromatic rings. The predicted octanol–water partition coefficient (Wildman–Crippen LogP) is 3.15. The van der Waals surface area contributed by atoms with E-state index >= 15 is 0 Å². The van der Waals surface area contributed by atoms with Crippen molar-refractivity contribution in [1.29, 1.82) is 0 Å². The Labute approximate surface area is 119 Å². The lowest BCUT2D eigenvalue weighted by Crippen LogP contribution is -2.13. The Morgan fingerprint density at radius 2 is 2.11 bits per heavy atom. The van der Waals surface area contributed by atoms with E-state index < -0.39 is 0 Å². The Bertz CT molecular complexity index is 566. The molecule has 1 aliphatic rings. The minimum atomic E-state index is -0.0145. The summed E-state index contributed by atoms with van der Waals surface area (Å²) >= 11 is 3.06. The van der Waals surface area contributed by atoms with Gasteiger partial charge in [0, 0.05) is 11.6 Å². The molecular formula is C13H13N3OS2. The highest BCUT2D eigenvalue weighted by Gasteiger charge is 2.27. The second-order valence-electron chi connectivity index (χ2n) is 4.38. The summed E-state index contributed by atoms with van der Waals surface area (Å²) in [4.78, 5) is 11.8. The van der Waals surface area contributed by atoms with Crippen LogP contribution in [0.5, 0.6) is 0 Å². The Hall–Kier alpha value is -1.40. The van der Waals surface area contributed by atoms with Gasteiger partial charge in [0.1, 0.15) is 5.01 Å². The van der Waals surface area contributed by atoms with E-state index in [9.17, 15) is 4.79 Å². The van der Waals surface area contributed by atoms with Gasteiger partial charge in [0.15, 0.2) is 4.34 Å². The summed E-state index contributed by atoms with van der Waals surface area (Å²) < 4.78 is 0.880. The molecule has 1 N–H and O–H groups in total. The maximum absolute atomic E-state index is 11.8. The number of para-hydroxylation sites is 1. The van der Waals surface area contributed by atoms with E-state index in [-0.39, 0.29) is 5.91 Å². The van der Waals surface area contributed by atoms with Crippen molar-refractivity contribution in [3.8, 4) is 0 Å². The Balaban J connectivity index is 1.49. The lowest BCUT2D eigenvalue weighted by atomic mass is 10.3. The van der Waals surface area contributed by atoms with E-state index in [0.717, 1.165) is 15.0 Å². The lowest BCUT2D eigenvalue weighted by molar-refractivity contribution is -0.113. The third kappa shape index (κ3) is 3.54. The summed E-state index contributed by atoms with van der Waals surface area (Å²) in [6.45, 7) is 0. The van der Waals surface area contributed by atoms with Crippen molar-refractivity contribution < 1.29 is 4.79 Å². The van der Waals surface area contributed by atoms with Crippen LogP contribution in [-0.2, 0) is 4.79 Å². The molecule has 1 saturated carbocycles. The number of anilines is 1. The third-order valence-electron chi connectivity index (χ3n) is 2.73. The van der Waals surface area contributed by atoms with Gasteiger partial charge in [-0.2, -0.15) is 0 Å². The summed E-state index contributed by atoms with van der Waals surface area (Å²) in [7, 11) is 0. The maximum Gasteiger partial charge on any atom is 0.234 e. The first-order chi connectivity index (χ1) is 9.31. The van der Waals surface area contributed by atoms with Gasteiger partial charge in [0.2, 0.25) is 5.91 Å². The quantitative estimate of drug-likeness (QED) is 0.860. The first-order valence-corrected chi connectivity index (χ1v) is 7.92. The molecule has 0 bridgehead atoms. The zero-order valence-corrected chi connectivity index (χ0v) is 11.8. The summed E-state index contributed by atoms with van der Waals surface area (Å²) in [6, 6.07) is 9.47. The molecule has 0 atom stereocenters. The summed E-state index contributed by atoms with van der Waals surface area (Å²) in [6.07, 6.45) is 2.46. The average Bonchev–Trinajstić information content (AvgIpc) is 3.17. The van der Waals surface area contributed by atoms with Gasteiger partial charge in [-0.3, -0.25) is 4.79 Å². The van der Waals surface area contributed by atoms with Crippen molar-refractivity contribution in [3.63, 3.8) is 0 Å². The van der Waals surface area contributed by atoms with Crippen LogP contribution in [0, 0.1) is 0 Å². The maximum atomic E-state index is 11.8. The van der Waals surface area contributed by atoms with Crippen LogP contribution in [0.2, 0.25) is 0 Å². The first-order valence-electron chi connectivity index (χ1n) is 6.12. The Kier molecular flexibility index (Phi) is 3.79. The zero-order chi connectivity index (χ0) is 13.1. The van der Waals surface area contributed by atoms with Gasteiger partial charge >= 0.3 is 0 Å². The molecule has 1 heterocycles. The molecule has 98 valence electrons. The van der Waals surface area contributed by atoms with E-state index in [1.165, 1.54) is 24.6 Å². The van der Waals surface area contributed by atoms with Crippen molar-refractivity contribution in [1.82, 2.24) is 10.2 Å². The number of hydrogen-bond donors (Lipinski definition) is 1. The molecule has 0 unspecified atom stereocenters. The molecule has 1 aliphatic carbocycles. The van der Waals surface area contributed by atoms with Crippen LogP contribution in [0.3, 0.4) is 0 Å². The SMILES string of the molecule is O=C(CSc1nnc(C2CC2)s1)Nc1ccccc1. The van der Waals surface area contributed by atoms with Gasteiger partial charge in [-0.15, -0.1) is 10.2 Å². The van der Waals surface area contributed by atoms with Crippen LogP contribution in [0.15, 0.2) is 34.7 Å². The fourth-order valence-electron chi connectivity index (χ4n) is 1.62. The van der Waals surface area contributed by atoms with Crippen LogP contribution in [-0.4, -0.2) is 21.9 Å². The van der Waals surface area contributed by atoms with Gasteiger partial charge < -0.3 is 5.32 Å². The van der Waals surface area contributed by atoms with E-state index in [2.05, 4.69) is 15.5 Å². The number of nitrogens with one attached hydrogen (secondary N) is 1. The average molecular weight is 291 g/mol. The molecule has 1 aromatic carbocycles. The second kappa shape index (κ2) is 5.71. The van der Waals surface area contributed by atoms with Crippen LogP contribution in [0.4, 0.5) is 5.69 Å². The normalized spacial score (nSPS) is 14.3. The lowest BCUT2D eigenvalue weighted by Gasteiger charge is -2.02. The van der Waals surface area contributed by atoms with E-state index in [1.54, 1.807) is 11.3 Å². The fraction of sp³-hybridized carbons (Fsp3) is 0.308. The van der Waals surface area contributed by atoms with Gasteiger partial charge in [-0.05, 0) is 25.0 Å². The van der Waals surface area contributed by atoms with Crippen molar-refractivity contribution in [2.75, 3.05) is 11.1 Å². The molecule has 1 amide bonds. The molecule has 6 heteroatoms. The first kappa shape index (κ1) is 12.6. The fourth-order valence-corrected chi connectivity index (χ4v) is 3.46. The topological polar surface area (TPSA) is 54.9 Å². The molecule has 0 radical (unpaired) electrons. The molecule has 1 fully saturated rings. The largest absolute Gasteiger partial charge is 0.325 e. The van der Waals surface area contributed by atoms with Gasteiger partial charge in [0.05, 0.1) is 5.75 Å². The molecule has 1 aromatic heterocycles. The van der Waals surface area contributed by atoms with Crippen molar-refractivity contribution in [2.45, 2.75) is 23.1 Å². The number of nitrogens with zero attached hydrogens (tertiary/aromatic N) is 2. The van der Waals surface area contributed by atoms with Crippen molar-refractivity contribution in [2.24, 2.45) is 0 Å². The number of carbonyl (C=O) groups excluding carboxylic acids is 1.